The zero-order valence-corrected chi connectivity index (χ0v) is 17.8. The maximum atomic E-state index is 3.67. The Kier molecular flexibility index (Phi) is 4.00. The predicted octanol–water partition coefficient (Wildman–Crippen LogP) is 8.37. The molecule has 2 heteroatoms. The molecule has 1 heterocycles. The van der Waals surface area contributed by atoms with Crippen LogP contribution in [0.4, 0.5) is 0 Å². The second-order valence-electron chi connectivity index (χ2n) is 7.63. The first-order chi connectivity index (χ1) is 14.8. The van der Waals surface area contributed by atoms with Crippen LogP contribution < -0.4 is 0 Å². The lowest BCUT2D eigenvalue weighted by Crippen LogP contribution is -1.94. The number of rotatable bonds is 2. The van der Waals surface area contributed by atoms with Crippen molar-refractivity contribution in [3.05, 3.63) is 114 Å². The number of hydrogen-bond acceptors (Lipinski definition) is 0. The molecular formula is C28H18BrN. The van der Waals surface area contributed by atoms with Crippen LogP contribution >= 0.6 is 15.9 Å². The Morgan fingerprint density at radius 2 is 1.20 bits per heavy atom. The second kappa shape index (κ2) is 6.86. The van der Waals surface area contributed by atoms with E-state index in [0.717, 1.165) is 4.47 Å². The molecule has 0 N–H and O–H groups in total. The van der Waals surface area contributed by atoms with Crippen LogP contribution in [0.5, 0.6) is 0 Å². The largest absolute Gasteiger partial charge is 0.309 e. The van der Waals surface area contributed by atoms with Crippen LogP contribution in [0.25, 0.3) is 49.4 Å². The molecule has 0 aliphatic heterocycles. The van der Waals surface area contributed by atoms with E-state index in [4.69, 9.17) is 0 Å². The third kappa shape index (κ3) is 2.76. The molecule has 0 saturated carbocycles. The van der Waals surface area contributed by atoms with Gasteiger partial charge >= 0.3 is 0 Å². The summed E-state index contributed by atoms with van der Waals surface area (Å²) in [5, 5.41) is 5.06. The van der Waals surface area contributed by atoms with Gasteiger partial charge in [0.15, 0.2) is 0 Å². The molecule has 5 aromatic carbocycles. The number of hydrogen-bond donors (Lipinski definition) is 0. The number of halogens is 1. The number of nitrogens with zero attached hydrogens (tertiary/aromatic N) is 1. The molecule has 0 aliphatic rings. The first-order valence-electron chi connectivity index (χ1n) is 10.1. The van der Waals surface area contributed by atoms with E-state index in [0.29, 0.717) is 0 Å². The van der Waals surface area contributed by atoms with Crippen molar-refractivity contribution in [2.75, 3.05) is 0 Å². The van der Waals surface area contributed by atoms with E-state index in [-0.39, 0.29) is 0 Å². The predicted molar refractivity (Wildman–Crippen MR) is 131 cm³/mol. The van der Waals surface area contributed by atoms with Crippen molar-refractivity contribution in [2.24, 2.45) is 0 Å². The summed E-state index contributed by atoms with van der Waals surface area (Å²) in [6.45, 7) is 0. The average molecular weight is 448 g/mol. The Balaban J connectivity index is 1.71. The molecule has 6 aromatic rings. The topological polar surface area (TPSA) is 4.93 Å². The van der Waals surface area contributed by atoms with Crippen LogP contribution in [-0.2, 0) is 0 Å². The molecule has 0 aliphatic carbocycles. The maximum Gasteiger partial charge on any atom is 0.0547 e. The smallest absolute Gasteiger partial charge is 0.0547 e. The summed E-state index contributed by atoms with van der Waals surface area (Å²) in [7, 11) is 0. The fourth-order valence-corrected chi connectivity index (χ4v) is 4.77. The standard InChI is InChI=1S/C28H18BrN/c29-23-13-14-27-26(18-23)25-16-21-9-4-5-10-22(21)17-28(25)30(27)24-12-6-11-20(15-24)19-7-2-1-3-8-19/h1-18H. The molecule has 0 fully saturated rings. The maximum absolute atomic E-state index is 3.67. The molecule has 1 nitrogen and oxygen atoms in total. The van der Waals surface area contributed by atoms with E-state index in [2.05, 4.69) is 130 Å². The molecule has 0 unspecified atom stereocenters. The fraction of sp³-hybridized carbons (Fsp3) is 0. The summed E-state index contributed by atoms with van der Waals surface area (Å²) in [4.78, 5) is 0. The normalized spacial score (nSPS) is 11.5. The van der Waals surface area contributed by atoms with Gasteiger partial charge in [-0.3, -0.25) is 0 Å². The second-order valence-corrected chi connectivity index (χ2v) is 8.55. The third-order valence-electron chi connectivity index (χ3n) is 5.81. The number of benzene rings is 5. The van der Waals surface area contributed by atoms with Gasteiger partial charge in [-0.05, 0) is 64.4 Å². The van der Waals surface area contributed by atoms with E-state index in [9.17, 15) is 0 Å². The molecule has 0 spiro atoms. The van der Waals surface area contributed by atoms with E-state index in [1.807, 2.05) is 0 Å². The quantitative estimate of drug-likeness (QED) is 0.251. The van der Waals surface area contributed by atoms with Crippen LogP contribution in [0, 0.1) is 0 Å². The van der Waals surface area contributed by atoms with Crippen LogP contribution in [0.3, 0.4) is 0 Å². The van der Waals surface area contributed by atoms with Crippen molar-refractivity contribution in [2.45, 2.75) is 0 Å². The minimum absolute atomic E-state index is 1.10. The Labute approximate surface area is 183 Å². The third-order valence-corrected chi connectivity index (χ3v) is 6.30. The van der Waals surface area contributed by atoms with Crippen LogP contribution in [-0.4, -0.2) is 4.57 Å². The summed E-state index contributed by atoms with van der Waals surface area (Å²) in [6, 6.07) is 39.1. The molecule has 30 heavy (non-hydrogen) atoms. The van der Waals surface area contributed by atoms with Gasteiger partial charge < -0.3 is 4.57 Å². The van der Waals surface area contributed by atoms with Crippen LogP contribution in [0.2, 0.25) is 0 Å². The van der Waals surface area contributed by atoms with Gasteiger partial charge in [0.25, 0.3) is 0 Å². The van der Waals surface area contributed by atoms with Crippen LogP contribution in [0.1, 0.15) is 0 Å². The number of fused-ring (bicyclic) bond motifs is 4. The lowest BCUT2D eigenvalue weighted by Gasteiger charge is -2.11. The summed E-state index contributed by atoms with van der Waals surface area (Å²) in [5.41, 5.74) is 6.07. The lowest BCUT2D eigenvalue weighted by molar-refractivity contribution is 1.18. The SMILES string of the molecule is Brc1ccc2c(c1)c1cc3ccccc3cc1n2-c1cccc(-c2ccccc2)c1. The monoisotopic (exact) mass is 447 g/mol. The molecule has 6 rings (SSSR count). The summed E-state index contributed by atoms with van der Waals surface area (Å²) in [5.74, 6) is 0. The minimum atomic E-state index is 1.10. The number of aromatic nitrogens is 1. The van der Waals surface area contributed by atoms with E-state index < -0.39 is 0 Å². The highest BCUT2D eigenvalue weighted by atomic mass is 79.9. The zero-order valence-electron chi connectivity index (χ0n) is 16.2. The van der Waals surface area contributed by atoms with Gasteiger partial charge in [-0.1, -0.05) is 82.7 Å². The average Bonchev–Trinajstić information content (AvgIpc) is 3.11. The van der Waals surface area contributed by atoms with Gasteiger partial charge in [-0.2, -0.15) is 0 Å². The summed E-state index contributed by atoms with van der Waals surface area (Å²) < 4.78 is 3.48. The van der Waals surface area contributed by atoms with Crippen molar-refractivity contribution in [1.82, 2.24) is 4.57 Å². The molecule has 0 bridgehead atoms. The van der Waals surface area contributed by atoms with E-state index in [1.165, 1.54) is 49.4 Å². The molecule has 142 valence electrons. The van der Waals surface area contributed by atoms with Gasteiger partial charge in [-0.15, -0.1) is 0 Å². The Hall–Kier alpha value is -3.36. The fourth-order valence-electron chi connectivity index (χ4n) is 4.41. The molecule has 1 aromatic heterocycles. The van der Waals surface area contributed by atoms with Gasteiger partial charge in [0, 0.05) is 20.9 Å². The lowest BCUT2D eigenvalue weighted by atomic mass is 10.0. The molecule has 0 saturated heterocycles. The Morgan fingerprint density at radius 3 is 2.03 bits per heavy atom. The van der Waals surface area contributed by atoms with Crippen molar-refractivity contribution in [3.8, 4) is 16.8 Å². The van der Waals surface area contributed by atoms with Gasteiger partial charge in [0.1, 0.15) is 0 Å². The molecule has 0 atom stereocenters. The van der Waals surface area contributed by atoms with Crippen LogP contribution in [0.15, 0.2) is 114 Å². The first-order valence-corrected chi connectivity index (χ1v) is 10.9. The van der Waals surface area contributed by atoms with Crippen molar-refractivity contribution in [3.63, 3.8) is 0 Å². The van der Waals surface area contributed by atoms with E-state index >= 15 is 0 Å². The van der Waals surface area contributed by atoms with Gasteiger partial charge in [0.05, 0.1) is 11.0 Å². The molecule has 0 radical (unpaired) electrons. The minimum Gasteiger partial charge on any atom is -0.309 e. The Bertz CT molecular complexity index is 1540. The highest BCUT2D eigenvalue weighted by Crippen LogP contribution is 2.36. The Morgan fingerprint density at radius 1 is 0.500 bits per heavy atom. The zero-order chi connectivity index (χ0) is 20.1. The summed E-state index contributed by atoms with van der Waals surface area (Å²) >= 11 is 3.67. The highest BCUT2D eigenvalue weighted by Gasteiger charge is 2.14. The highest BCUT2D eigenvalue weighted by molar-refractivity contribution is 9.10. The van der Waals surface area contributed by atoms with Crippen molar-refractivity contribution < 1.29 is 0 Å². The first kappa shape index (κ1) is 17.5. The summed E-state index contributed by atoms with van der Waals surface area (Å²) in [6.07, 6.45) is 0. The molecule has 0 amide bonds. The van der Waals surface area contributed by atoms with E-state index in [1.54, 1.807) is 0 Å². The molecular weight excluding hydrogens is 430 g/mol. The van der Waals surface area contributed by atoms with Gasteiger partial charge in [-0.25, -0.2) is 0 Å². The van der Waals surface area contributed by atoms with Crippen molar-refractivity contribution >= 4 is 48.5 Å². The van der Waals surface area contributed by atoms with Crippen molar-refractivity contribution in [1.29, 1.82) is 0 Å². The van der Waals surface area contributed by atoms with Gasteiger partial charge in [0.2, 0.25) is 0 Å².